The number of pyridine rings is 1. The van der Waals surface area contributed by atoms with Crippen LogP contribution in [0.2, 0.25) is 0 Å². The van der Waals surface area contributed by atoms with Gasteiger partial charge in [-0.15, -0.1) is 0 Å². The molecular weight excluding hydrogens is 348 g/mol. The summed E-state index contributed by atoms with van der Waals surface area (Å²) < 4.78 is 5.87. The molecule has 0 radical (unpaired) electrons. The highest BCUT2D eigenvalue weighted by Crippen LogP contribution is 2.24. The van der Waals surface area contributed by atoms with Gasteiger partial charge in [-0.2, -0.15) is 0 Å². The standard InChI is InChI=1S/C24H26N2O2/c1-18-11-22(14-25-13-18)20-7-4-8-24(12-20)28-17-23(27)16-26-10-9-19-5-2-3-6-21(19)15-26/h2-8,11-14,23,27H,9-10,15-17H2,1H3. The number of aliphatic hydroxyl groups excluding tert-OH is 1. The normalized spacial score (nSPS) is 15.1. The largest absolute Gasteiger partial charge is 0.491 e. The number of ether oxygens (including phenoxy) is 1. The summed E-state index contributed by atoms with van der Waals surface area (Å²) in [5.41, 5.74) is 6.05. The summed E-state index contributed by atoms with van der Waals surface area (Å²) >= 11 is 0. The number of hydrogen-bond donors (Lipinski definition) is 1. The third-order valence-electron chi connectivity index (χ3n) is 5.16. The van der Waals surface area contributed by atoms with E-state index < -0.39 is 6.10 Å². The van der Waals surface area contributed by atoms with E-state index in [0.29, 0.717) is 6.54 Å². The number of aliphatic hydroxyl groups is 1. The first-order valence-corrected chi connectivity index (χ1v) is 9.79. The molecule has 3 aromatic rings. The molecule has 2 aromatic carbocycles. The molecule has 0 amide bonds. The fourth-order valence-corrected chi connectivity index (χ4v) is 3.73. The molecule has 4 nitrogen and oxygen atoms in total. The third-order valence-corrected chi connectivity index (χ3v) is 5.16. The van der Waals surface area contributed by atoms with Crippen molar-refractivity contribution in [2.75, 3.05) is 19.7 Å². The number of aryl methyl sites for hydroxylation is 1. The SMILES string of the molecule is Cc1cncc(-c2cccc(OCC(O)CN3CCc4ccccc4C3)c2)c1. The summed E-state index contributed by atoms with van der Waals surface area (Å²) in [6.45, 7) is 4.81. The molecule has 0 saturated heterocycles. The van der Waals surface area contributed by atoms with E-state index in [1.807, 2.05) is 43.6 Å². The lowest BCUT2D eigenvalue weighted by Crippen LogP contribution is -2.38. The molecule has 0 spiro atoms. The van der Waals surface area contributed by atoms with Gasteiger partial charge in [0.2, 0.25) is 0 Å². The fraction of sp³-hybridized carbons (Fsp3) is 0.292. The quantitative estimate of drug-likeness (QED) is 0.712. The first kappa shape index (κ1) is 18.7. The van der Waals surface area contributed by atoms with Gasteiger partial charge < -0.3 is 9.84 Å². The topological polar surface area (TPSA) is 45.6 Å². The van der Waals surface area contributed by atoms with Crippen molar-refractivity contribution in [1.29, 1.82) is 0 Å². The summed E-state index contributed by atoms with van der Waals surface area (Å²) in [5.74, 6) is 0.766. The lowest BCUT2D eigenvalue weighted by atomic mass is 10.00. The minimum Gasteiger partial charge on any atom is -0.491 e. The van der Waals surface area contributed by atoms with E-state index in [0.717, 1.165) is 42.0 Å². The van der Waals surface area contributed by atoms with Gasteiger partial charge in [-0.3, -0.25) is 9.88 Å². The molecule has 1 unspecified atom stereocenters. The van der Waals surface area contributed by atoms with Crippen LogP contribution in [0.3, 0.4) is 0 Å². The highest BCUT2D eigenvalue weighted by Gasteiger charge is 2.18. The fourth-order valence-electron chi connectivity index (χ4n) is 3.73. The van der Waals surface area contributed by atoms with Crippen LogP contribution in [0.25, 0.3) is 11.1 Å². The molecule has 1 atom stereocenters. The van der Waals surface area contributed by atoms with Crippen molar-refractivity contribution in [2.45, 2.75) is 26.0 Å². The van der Waals surface area contributed by atoms with Crippen molar-refractivity contribution in [1.82, 2.24) is 9.88 Å². The van der Waals surface area contributed by atoms with Crippen LogP contribution in [0.5, 0.6) is 5.75 Å². The van der Waals surface area contributed by atoms with E-state index in [4.69, 9.17) is 4.74 Å². The number of aromatic nitrogens is 1. The molecule has 1 aromatic heterocycles. The number of hydrogen-bond acceptors (Lipinski definition) is 4. The molecule has 28 heavy (non-hydrogen) atoms. The molecule has 4 rings (SSSR count). The second-order valence-corrected chi connectivity index (χ2v) is 7.50. The molecule has 0 saturated carbocycles. The summed E-state index contributed by atoms with van der Waals surface area (Å²) in [7, 11) is 0. The van der Waals surface area contributed by atoms with E-state index >= 15 is 0 Å². The summed E-state index contributed by atoms with van der Waals surface area (Å²) in [4.78, 5) is 6.56. The van der Waals surface area contributed by atoms with Crippen LogP contribution in [-0.4, -0.2) is 40.8 Å². The Labute approximate surface area is 166 Å². The van der Waals surface area contributed by atoms with Gasteiger partial charge in [-0.1, -0.05) is 36.4 Å². The van der Waals surface area contributed by atoms with Crippen molar-refractivity contribution in [3.05, 3.63) is 83.7 Å². The average molecular weight is 374 g/mol. The number of rotatable bonds is 6. The highest BCUT2D eigenvalue weighted by molar-refractivity contribution is 5.64. The van der Waals surface area contributed by atoms with Crippen molar-refractivity contribution in [2.24, 2.45) is 0 Å². The zero-order valence-corrected chi connectivity index (χ0v) is 16.2. The van der Waals surface area contributed by atoms with Gasteiger partial charge in [0.1, 0.15) is 18.5 Å². The zero-order valence-electron chi connectivity index (χ0n) is 16.2. The maximum atomic E-state index is 10.5. The molecular formula is C24H26N2O2. The summed E-state index contributed by atoms with van der Waals surface area (Å²) in [6, 6.07) is 18.6. The molecule has 1 N–H and O–H groups in total. The van der Waals surface area contributed by atoms with E-state index in [1.165, 1.54) is 11.1 Å². The third kappa shape index (κ3) is 4.58. The zero-order chi connectivity index (χ0) is 19.3. The van der Waals surface area contributed by atoms with Gasteiger partial charge in [0.25, 0.3) is 0 Å². The summed E-state index contributed by atoms with van der Waals surface area (Å²) in [6.07, 6.45) is 4.22. The van der Waals surface area contributed by atoms with Gasteiger partial charge in [-0.05, 0) is 53.8 Å². The molecule has 0 bridgehead atoms. The minimum absolute atomic E-state index is 0.285. The Kier molecular flexibility index (Phi) is 5.70. The first-order valence-electron chi connectivity index (χ1n) is 9.79. The van der Waals surface area contributed by atoms with Crippen LogP contribution < -0.4 is 4.74 Å². The predicted octanol–water partition coefficient (Wildman–Crippen LogP) is 3.86. The first-order chi connectivity index (χ1) is 13.7. The van der Waals surface area contributed by atoms with Gasteiger partial charge in [-0.25, -0.2) is 0 Å². The highest BCUT2D eigenvalue weighted by atomic mass is 16.5. The van der Waals surface area contributed by atoms with Crippen molar-refractivity contribution in [3.63, 3.8) is 0 Å². The molecule has 144 valence electrons. The Morgan fingerprint density at radius 1 is 1.04 bits per heavy atom. The molecule has 4 heteroatoms. The van der Waals surface area contributed by atoms with E-state index in [9.17, 15) is 5.11 Å². The van der Waals surface area contributed by atoms with E-state index in [2.05, 4.69) is 40.2 Å². The Bertz CT molecular complexity index is 941. The lowest BCUT2D eigenvalue weighted by Gasteiger charge is -2.30. The number of nitrogens with zero attached hydrogens (tertiary/aromatic N) is 2. The van der Waals surface area contributed by atoms with Gasteiger partial charge in [0, 0.05) is 37.6 Å². The second-order valence-electron chi connectivity index (χ2n) is 7.50. The molecule has 0 aliphatic carbocycles. The Morgan fingerprint density at radius 2 is 1.89 bits per heavy atom. The maximum absolute atomic E-state index is 10.5. The van der Waals surface area contributed by atoms with Crippen molar-refractivity contribution in [3.8, 4) is 16.9 Å². The number of β-amino-alcohol motifs (C(OH)–C–C–N with tert-alkyl or cyclic N) is 1. The van der Waals surface area contributed by atoms with E-state index in [1.54, 1.807) is 0 Å². The van der Waals surface area contributed by atoms with Gasteiger partial charge in [0.05, 0.1) is 0 Å². The Balaban J connectivity index is 1.33. The molecule has 1 aliphatic heterocycles. The Morgan fingerprint density at radius 3 is 2.75 bits per heavy atom. The monoisotopic (exact) mass is 374 g/mol. The smallest absolute Gasteiger partial charge is 0.120 e. The van der Waals surface area contributed by atoms with Gasteiger partial charge >= 0.3 is 0 Å². The van der Waals surface area contributed by atoms with Crippen molar-refractivity contribution < 1.29 is 9.84 Å². The minimum atomic E-state index is -0.519. The molecule has 2 heterocycles. The van der Waals surface area contributed by atoms with Crippen LogP contribution in [-0.2, 0) is 13.0 Å². The van der Waals surface area contributed by atoms with Crippen LogP contribution in [0.15, 0.2) is 67.0 Å². The molecule has 0 fully saturated rings. The van der Waals surface area contributed by atoms with Crippen molar-refractivity contribution >= 4 is 0 Å². The summed E-state index contributed by atoms with van der Waals surface area (Å²) in [5, 5.41) is 10.5. The van der Waals surface area contributed by atoms with Crippen LogP contribution in [0, 0.1) is 6.92 Å². The number of benzene rings is 2. The molecule has 1 aliphatic rings. The predicted molar refractivity (Wildman–Crippen MR) is 111 cm³/mol. The van der Waals surface area contributed by atoms with Crippen LogP contribution in [0.1, 0.15) is 16.7 Å². The van der Waals surface area contributed by atoms with Crippen LogP contribution >= 0.6 is 0 Å². The number of fused-ring (bicyclic) bond motifs is 1. The lowest BCUT2D eigenvalue weighted by molar-refractivity contribution is 0.0638. The Hall–Kier alpha value is -2.69. The van der Waals surface area contributed by atoms with Crippen LogP contribution in [0.4, 0.5) is 0 Å². The van der Waals surface area contributed by atoms with Gasteiger partial charge in [0.15, 0.2) is 0 Å². The van der Waals surface area contributed by atoms with E-state index in [-0.39, 0.29) is 6.61 Å². The second kappa shape index (κ2) is 8.55. The maximum Gasteiger partial charge on any atom is 0.120 e. The average Bonchev–Trinajstić information content (AvgIpc) is 2.72.